The van der Waals surface area contributed by atoms with E-state index in [-0.39, 0.29) is 6.10 Å². The number of likely N-dealkylation sites (N-methyl/N-ethyl adjacent to an activating group) is 1. The second-order valence-electron chi connectivity index (χ2n) is 7.77. The summed E-state index contributed by atoms with van der Waals surface area (Å²) < 4.78 is 5.94. The third-order valence-corrected chi connectivity index (χ3v) is 5.56. The molecule has 1 atom stereocenters. The molecule has 4 rings (SSSR count). The highest BCUT2D eigenvalue weighted by molar-refractivity contribution is 5.59. The van der Waals surface area contributed by atoms with E-state index in [1.807, 2.05) is 0 Å². The van der Waals surface area contributed by atoms with Gasteiger partial charge in [0.15, 0.2) is 0 Å². The molecule has 0 amide bonds. The van der Waals surface area contributed by atoms with Gasteiger partial charge >= 0.3 is 0 Å². The summed E-state index contributed by atoms with van der Waals surface area (Å²) >= 11 is 0. The number of likely N-dealkylation sites (tertiary alicyclic amines) is 1. The van der Waals surface area contributed by atoms with Gasteiger partial charge in [0, 0.05) is 44.3 Å². The van der Waals surface area contributed by atoms with Crippen molar-refractivity contribution in [2.75, 3.05) is 39.8 Å². The normalized spacial score (nSPS) is 22.8. The monoisotopic (exact) mass is 367 g/mol. The van der Waals surface area contributed by atoms with Gasteiger partial charge in [-0.2, -0.15) is 10.2 Å². The summed E-state index contributed by atoms with van der Waals surface area (Å²) in [4.78, 5) is 4.72. The summed E-state index contributed by atoms with van der Waals surface area (Å²) in [7, 11) is 2.14. The third kappa shape index (κ3) is 4.71. The third-order valence-electron chi connectivity index (χ3n) is 5.56. The summed E-state index contributed by atoms with van der Waals surface area (Å²) in [6.07, 6.45) is 2.26. The van der Waals surface area contributed by atoms with Crippen molar-refractivity contribution in [1.29, 1.82) is 0 Å². The van der Waals surface area contributed by atoms with Crippen molar-refractivity contribution in [3.05, 3.63) is 47.7 Å². The number of ether oxygens (including phenoxy) is 1. The first-order chi connectivity index (χ1) is 13.2. The average Bonchev–Trinajstić information content (AvgIpc) is 2.70. The van der Waals surface area contributed by atoms with Crippen molar-refractivity contribution in [2.45, 2.75) is 31.5 Å². The lowest BCUT2D eigenvalue weighted by Crippen LogP contribution is -2.39. The van der Waals surface area contributed by atoms with E-state index in [9.17, 15) is 0 Å². The van der Waals surface area contributed by atoms with E-state index < -0.39 is 0 Å². The van der Waals surface area contributed by atoms with Crippen LogP contribution in [0.2, 0.25) is 0 Å². The van der Waals surface area contributed by atoms with E-state index in [1.165, 1.54) is 5.56 Å². The van der Waals surface area contributed by atoms with Crippen molar-refractivity contribution in [3.63, 3.8) is 0 Å². The first-order valence-corrected chi connectivity index (χ1v) is 9.88. The summed E-state index contributed by atoms with van der Waals surface area (Å²) in [5, 5.41) is 8.94. The standard InChI is InChI=1S/C21H29N5O/c1-25-11-12-27-21(15-25)17-4-2-3-16(13-17)20-6-5-19(23-24-20)14-26-9-7-18(22)8-10-26/h2-6,13,18,21H,7-12,14-15,22H2,1H3. The van der Waals surface area contributed by atoms with Crippen LogP contribution in [0.5, 0.6) is 0 Å². The number of aromatic nitrogens is 2. The van der Waals surface area contributed by atoms with Gasteiger partial charge < -0.3 is 15.4 Å². The van der Waals surface area contributed by atoms with Crippen molar-refractivity contribution in [2.24, 2.45) is 5.73 Å². The zero-order chi connectivity index (χ0) is 18.6. The summed E-state index contributed by atoms with van der Waals surface area (Å²) in [5.74, 6) is 0. The number of rotatable bonds is 4. The van der Waals surface area contributed by atoms with Crippen LogP contribution < -0.4 is 5.73 Å². The maximum atomic E-state index is 5.98. The molecule has 0 radical (unpaired) electrons. The van der Waals surface area contributed by atoms with Crippen LogP contribution in [0, 0.1) is 0 Å². The quantitative estimate of drug-likeness (QED) is 0.892. The van der Waals surface area contributed by atoms with Crippen LogP contribution in [0.1, 0.15) is 30.2 Å². The van der Waals surface area contributed by atoms with Crippen LogP contribution >= 0.6 is 0 Å². The minimum Gasteiger partial charge on any atom is -0.371 e. The number of hydrogen-bond donors (Lipinski definition) is 1. The molecule has 0 spiro atoms. The molecule has 2 aliphatic heterocycles. The molecule has 2 saturated heterocycles. The fourth-order valence-electron chi connectivity index (χ4n) is 3.82. The number of hydrogen-bond acceptors (Lipinski definition) is 6. The minimum absolute atomic E-state index is 0.126. The van der Waals surface area contributed by atoms with Gasteiger partial charge in [0.2, 0.25) is 0 Å². The number of morpholine rings is 1. The molecular weight excluding hydrogens is 338 g/mol. The predicted molar refractivity (Wildman–Crippen MR) is 106 cm³/mol. The van der Waals surface area contributed by atoms with E-state index in [0.29, 0.717) is 6.04 Å². The minimum atomic E-state index is 0.126. The van der Waals surface area contributed by atoms with Gasteiger partial charge in [-0.3, -0.25) is 4.90 Å². The van der Waals surface area contributed by atoms with Crippen molar-refractivity contribution in [3.8, 4) is 11.3 Å². The number of piperidine rings is 1. The number of nitrogens with two attached hydrogens (primary N) is 1. The maximum absolute atomic E-state index is 5.98. The van der Waals surface area contributed by atoms with Crippen LogP contribution in [0.15, 0.2) is 36.4 Å². The Morgan fingerprint density at radius 3 is 2.70 bits per heavy atom. The van der Waals surface area contributed by atoms with Gasteiger partial charge in [-0.1, -0.05) is 18.2 Å². The SMILES string of the molecule is CN1CCOC(c2cccc(-c3ccc(CN4CCC(N)CC4)nn3)c2)C1. The Hall–Kier alpha value is -1.86. The van der Waals surface area contributed by atoms with Crippen molar-refractivity contribution < 1.29 is 4.74 Å². The summed E-state index contributed by atoms with van der Waals surface area (Å²) in [6, 6.07) is 13.0. The van der Waals surface area contributed by atoms with Crippen LogP contribution in [0.25, 0.3) is 11.3 Å². The molecule has 6 heteroatoms. The van der Waals surface area contributed by atoms with Gasteiger partial charge in [0.25, 0.3) is 0 Å². The predicted octanol–water partition coefficient (Wildman–Crippen LogP) is 2.07. The smallest absolute Gasteiger partial charge is 0.0952 e. The molecular formula is C21H29N5O. The number of benzene rings is 1. The van der Waals surface area contributed by atoms with Gasteiger partial charge in [-0.25, -0.2) is 0 Å². The van der Waals surface area contributed by atoms with Gasteiger partial charge in [0.05, 0.1) is 24.1 Å². The van der Waals surface area contributed by atoms with E-state index in [1.54, 1.807) is 0 Å². The van der Waals surface area contributed by atoms with Crippen molar-refractivity contribution >= 4 is 0 Å². The summed E-state index contributed by atoms with van der Waals surface area (Å²) in [5.41, 5.74) is 10.2. The molecule has 6 nitrogen and oxygen atoms in total. The van der Waals surface area contributed by atoms with E-state index in [4.69, 9.17) is 10.5 Å². The first kappa shape index (κ1) is 18.5. The highest BCUT2D eigenvalue weighted by Crippen LogP contribution is 2.26. The van der Waals surface area contributed by atoms with E-state index in [2.05, 4.69) is 63.4 Å². The van der Waals surface area contributed by atoms with Gasteiger partial charge in [0.1, 0.15) is 0 Å². The molecule has 1 aromatic carbocycles. The van der Waals surface area contributed by atoms with Crippen LogP contribution in [-0.4, -0.2) is 65.9 Å². The Labute approximate surface area is 161 Å². The molecule has 144 valence electrons. The highest BCUT2D eigenvalue weighted by Gasteiger charge is 2.20. The molecule has 1 aromatic heterocycles. The second kappa shape index (κ2) is 8.44. The largest absolute Gasteiger partial charge is 0.371 e. The molecule has 2 aromatic rings. The molecule has 2 aliphatic rings. The van der Waals surface area contributed by atoms with E-state index >= 15 is 0 Å². The zero-order valence-corrected chi connectivity index (χ0v) is 16.1. The van der Waals surface area contributed by atoms with Crippen LogP contribution in [0.3, 0.4) is 0 Å². The Morgan fingerprint density at radius 2 is 1.96 bits per heavy atom. The zero-order valence-electron chi connectivity index (χ0n) is 16.1. The fraction of sp³-hybridized carbons (Fsp3) is 0.524. The Bertz CT molecular complexity index is 742. The molecule has 0 aliphatic carbocycles. The Kier molecular flexibility index (Phi) is 5.78. The van der Waals surface area contributed by atoms with Crippen LogP contribution in [0.4, 0.5) is 0 Å². The first-order valence-electron chi connectivity index (χ1n) is 9.88. The topological polar surface area (TPSA) is 67.5 Å². The second-order valence-corrected chi connectivity index (χ2v) is 7.77. The van der Waals surface area contributed by atoms with E-state index in [0.717, 1.165) is 69.1 Å². The fourth-order valence-corrected chi connectivity index (χ4v) is 3.82. The Balaban J connectivity index is 1.43. The molecule has 27 heavy (non-hydrogen) atoms. The summed E-state index contributed by atoms with van der Waals surface area (Å²) in [6.45, 7) is 5.63. The lowest BCUT2D eigenvalue weighted by Gasteiger charge is -2.30. The van der Waals surface area contributed by atoms with Gasteiger partial charge in [-0.05, 0) is 43.7 Å². The molecule has 2 fully saturated rings. The number of nitrogens with zero attached hydrogens (tertiary/aromatic N) is 4. The lowest BCUT2D eigenvalue weighted by molar-refractivity contribution is -0.0208. The Morgan fingerprint density at radius 1 is 1.11 bits per heavy atom. The lowest BCUT2D eigenvalue weighted by atomic mass is 10.0. The molecule has 0 saturated carbocycles. The molecule has 0 bridgehead atoms. The van der Waals surface area contributed by atoms with Gasteiger partial charge in [-0.15, -0.1) is 0 Å². The molecule has 3 heterocycles. The average molecular weight is 367 g/mol. The van der Waals surface area contributed by atoms with Crippen LogP contribution in [-0.2, 0) is 11.3 Å². The van der Waals surface area contributed by atoms with Crippen molar-refractivity contribution in [1.82, 2.24) is 20.0 Å². The molecule has 2 N–H and O–H groups in total. The maximum Gasteiger partial charge on any atom is 0.0952 e. The molecule has 1 unspecified atom stereocenters. The highest BCUT2D eigenvalue weighted by atomic mass is 16.5.